The van der Waals surface area contributed by atoms with E-state index in [1.807, 2.05) is 0 Å². The topological polar surface area (TPSA) is 21.3 Å². The summed E-state index contributed by atoms with van der Waals surface area (Å²) in [6.07, 6.45) is 0. The van der Waals surface area contributed by atoms with Crippen LogP contribution in [0.3, 0.4) is 0 Å². The lowest BCUT2D eigenvalue weighted by Crippen LogP contribution is -2.37. The molecule has 19 heavy (non-hydrogen) atoms. The Balaban J connectivity index is 2.23. The van der Waals surface area contributed by atoms with Crippen molar-refractivity contribution in [3.8, 4) is 0 Å². The number of rotatable bonds is 8. The van der Waals surface area contributed by atoms with Gasteiger partial charge in [-0.1, -0.05) is 62.9 Å². The van der Waals surface area contributed by atoms with Gasteiger partial charge in [0.15, 0.2) is 0 Å². The van der Waals surface area contributed by atoms with Gasteiger partial charge in [0.05, 0.1) is 14.7 Å². The molecule has 0 aromatic heterocycles. The largest absolute Gasteiger partial charge is 0.380 e. The Kier molecular flexibility index (Phi) is 6.76. The van der Waals surface area contributed by atoms with Gasteiger partial charge in [-0.15, -0.1) is 0 Å². The van der Waals surface area contributed by atoms with Crippen LogP contribution in [0.4, 0.5) is 0 Å². The Labute approximate surface area is 119 Å². The lowest BCUT2D eigenvalue weighted by molar-refractivity contribution is 0.111. The molecule has 0 saturated carbocycles. The Bertz CT molecular complexity index is 354. The smallest absolute Gasteiger partial charge is 0.0775 e. The first-order valence-corrected chi connectivity index (χ1v) is 10.8. The van der Waals surface area contributed by atoms with Crippen LogP contribution in [0.15, 0.2) is 24.3 Å². The van der Waals surface area contributed by atoms with Gasteiger partial charge in [-0.05, 0) is 11.5 Å². The lowest BCUT2D eigenvalue weighted by Gasteiger charge is -2.16. The molecule has 0 amide bonds. The maximum Gasteiger partial charge on any atom is 0.0775 e. The van der Waals surface area contributed by atoms with Gasteiger partial charge in [0, 0.05) is 19.7 Å². The molecule has 3 heteroatoms. The highest BCUT2D eigenvalue weighted by Gasteiger charge is 2.15. The average molecular weight is 279 g/mol. The zero-order chi connectivity index (χ0) is 14.3. The van der Waals surface area contributed by atoms with E-state index in [0.29, 0.717) is 5.92 Å². The molecule has 0 heterocycles. The molecule has 0 aliphatic carbocycles. The zero-order valence-electron chi connectivity index (χ0n) is 13.1. The molecule has 0 atom stereocenters. The van der Waals surface area contributed by atoms with Crippen LogP contribution < -0.4 is 10.5 Å². The first-order chi connectivity index (χ1) is 8.89. The molecular weight excluding hydrogens is 250 g/mol. The summed E-state index contributed by atoms with van der Waals surface area (Å²) in [5, 5.41) is 4.94. The van der Waals surface area contributed by atoms with Gasteiger partial charge in [0.1, 0.15) is 0 Å². The number of benzene rings is 1. The molecule has 0 unspecified atom stereocenters. The Morgan fingerprint density at radius 2 is 1.74 bits per heavy atom. The van der Waals surface area contributed by atoms with Crippen LogP contribution in [0, 0.1) is 5.92 Å². The molecule has 1 aromatic rings. The molecule has 108 valence electrons. The van der Waals surface area contributed by atoms with Gasteiger partial charge in [-0.2, -0.15) is 0 Å². The number of nitrogens with one attached hydrogen (secondary N) is 1. The van der Waals surface area contributed by atoms with Crippen molar-refractivity contribution in [2.24, 2.45) is 5.92 Å². The molecule has 0 spiro atoms. The maximum atomic E-state index is 5.54. The SMILES string of the molecule is CC(C)COCCNCc1ccc([Si](C)(C)C)cc1. The standard InChI is InChI=1S/C16H29NOSi/c1-14(2)13-18-11-10-17-12-15-6-8-16(9-7-15)19(3,4)5/h6-9,14,17H,10-13H2,1-5H3. The van der Waals surface area contributed by atoms with E-state index in [9.17, 15) is 0 Å². The normalized spacial score (nSPS) is 12.1. The second-order valence-electron chi connectivity index (χ2n) is 6.59. The van der Waals surface area contributed by atoms with Crippen molar-refractivity contribution in [1.82, 2.24) is 5.32 Å². The highest BCUT2D eigenvalue weighted by atomic mass is 28.3. The predicted octanol–water partition coefficient (Wildman–Crippen LogP) is 2.99. The van der Waals surface area contributed by atoms with Gasteiger partial charge in [0.2, 0.25) is 0 Å². The van der Waals surface area contributed by atoms with Crippen molar-refractivity contribution in [3.05, 3.63) is 29.8 Å². The highest BCUT2D eigenvalue weighted by Crippen LogP contribution is 2.04. The molecule has 2 nitrogen and oxygen atoms in total. The summed E-state index contributed by atoms with van der Waals surface area (Å²) < 4.78 is 5.54. The molecule has 0 saturated heterocycles. The zero-order valence-corrected chi connectivity index (χ0v) is 14.1. The molecule has 0 bridgehead atoms. The fourth-order valence-electron chi connectivity index (χ4n) is 1.82. The molecular formula is C16H29NOSi. The van der Waals surface area contributed by atoms with Crippen molar-refractivity contribution in [1.29, 1.82) is 0 Å². The summed E-state index contributed by atoms with van der Waals surface area (Å²) in [6, 6.07) is 9.07. The third-order valence-corrected chi connectivity index (χ3v) is 5.09. The second kappa shape index (κ2) is 7.83. The molecule has 1 N–H and O–H groups in total. The number of hydrogen-bond donors (Lipinski definition) is 1. The summed E-state index contributed by atoms with van der Waals surface area (Å²) in [7, 11) is -1.16. The molecule has 0 aliphatic heterocycles. The molecule has 1 rings (SSSR count). The maximum absolute atomic E-state index is 5.54. The lowest BCUT2D eigenvalue weighted by atomic mass is 10.2. The molecule has 0 fully saturated rings. The summed E-state index contributed by atoms with van der Waals surface area (Å²) >= 11 is 0. The van der Waals surface area contributed by atoms with Crippen molar-refractivity contribution in [2.45, 2.75) is 40.0 Å². The number of ether oxygens (including phenoxy) is 1. The van der Waals surface area contributed by atoms with Gasteiger partial charge >= 0.3 is 0 Å². The fourth-order valence-corrected chi connectivity index (χ4v) is 2.99. The number of hydrogen-bond acceptors (Lipinski definition) is 2. The van der Waals surface area contributed by atoms with Crippen LogP contribution in [0.1, 0.15) is 19.4 Å². The third-order valence-electron chi connectivity index (χ3n) is 3.02. The molecule has 1 aromatic carbocycles. The summed E-state index contributed by atoms with van der Waals surface area (Å²) in [6.45, 7) is 15.0. The van der Waals surface area contributed by atoms with E-state index in [2.05, 4.69) is 63.1 Å². The Hall–Kier alpha value is -0.643. The van der Waals surface area contributed by atoms with Crippen molar-refractivity contribution < 1.29 is 4.74 Å². The van der Waals surface area contributed by atoms with E-state index in [-0.39, 0.29) is 0 Å². The predicted molar refractivity (Wildman–Crippen MR) is 86.8 cm³/mol. The summed E-state index contributed by atoms with van der Waals surface area (Å²) in [5.41, 5.74) is 1.35. The van der Waals surface area contributed by atoms with Crippen LogP contribution in [-0.4, -0.2) is 27.8 Å². The molecule has 0 aliphatic rings. The monoisotopic (exact) mass is 279 g/mol. The highest BCUT2D eigenvalue weighted by molar-refractivity contribution is 6.88. The minimum atomic E-state index is -1.16. The summed E-state index contributed by atoms with van der Waals surface area (Å²) in [4.78, 5) is 0. The van der Waals surface area contributed by atoms with Gasteiger partial charge in [-0.25, -0.2) is 0 Å². The van der Waals surface area contributed by atoms with E-state index in [1.165, 1.54) is 10.8 Å². The minimum Gasteiger partial charge on any atom is -0.380 e. The second-order valence-corrected chi connectivity index (χ2v) is 11.7. The van der Waals surface area contributed by atoms with E-state index in [0.717, 1.165) is 26.3 Å². The van der Waals surface area contributed by atoms with Crippen LogP contribution in [0.5, 0.6) is 0 Å². The van der Waals surface area contributed by atoms with Crippen LogP contribution in [-0.2, 0) is 11.3 Å². The van der Waals surface area contributed by atoms with E-state index < -0.39 is 8.07 Å². The van der Waals surface area contributed by atoms with E-state index in [1.54, 1.807) is 0 Å². The van der Waals surface area contributed by atoms with Gasteiger partial charge < -0.3 is 10.1 Å². The van der Waals surface area contributed by atoms with Crippen molar-refractivity contribution >= 4 is 13.3 Å². The molecule has 0 radical (unpaired) electrons. The Morgan fingerprint density at radius 1 is 1.11 bits per heavy atom. The van der Waals surface area contributed by atoms with Crippen LogP contribution in [0.2, 0.25) is 19.6 Å². The van der Waals surface area contributed by atoms with Crippen molar-refractivity contribution in [2.75, 3.05) is 19.8 Å². The fraction of sp³-hybridized carbons (Fsp3) is 0.625. The first kappa shape index (κ1) is 16.4. The Morgan fingerprint density at radius 3 is 2.26 bits per heavy atom. The average Bonchev–Trinajstić information content (AvgIpc) is 2.32. The van der Waals surface area contributed by atoms with Gasteiger partial charge in [-0.3, -0.25) is 0 Å². The minimum absolute atomic E-state index is 0.620. The van der Waals surface area contributed by atoms with E-state index in [4.69, 9.17) is 4.74 Å². The quantitative estimate of drug-likeness (QED) is 0.583. The summed E-state index contributed by atoms with van der Waals surface area (Å²) in [5.74, 6) is 0.620. The van der Waals surface area contributed by atoms with E-state index >= 15 is 0 Å². The van der Waals surface area contributed by atoms with Gasteiger partial charge in [0.25, 0.3) is 0 Å². The third kappa shape index (κ3) is 6.90. The van der Waals surface area contributed by atoms with Crippen molar-refractivity contribution in [3.63, 3.8) is 0 Å². The first-order valence-electron chi connectivity index (χ1n) is 7.27. The van der Waals surface area contributed by atoms with Crippen LogP contribution >= 0.6 is 0 Å². The van der Waals surface area contributed by atoms with Crippen LogP contribution in [0.25, 0.3) is 0 Å².